The first-order valence-corrected chi connectivity index (χ1v) is 3.05. The number of rotatable bonds is 1. The second-order valence-electron chi connectivity index (χ2n) is 1.23. The number of hydrogen-bond acceptors (Lipinski definition) is 3. The van der Waals surface area contributed by atoms with Crippen molar-refractivity contribution in [3.8, 4) is 0 Å². The number of nitrogens with zero attached hydrogens (tertiary/aromatic N) is 1. The summed E-state index contributed by atoms with van der Waals surface area (Å²) in [5, 5.41) is 8.44. The molecule has 3 nitrogen and oxygen atoms in total. The highest BCUT2D eigenvalue weighted by Crippen LogP contribution is 2.13. The Morgan fingerprint density at radius 3 is 3.00 bits per heavy atom. The SMILES string of the molecule is O=C(O)C1=N[CH]CS1. The topological polar surface area (TPSA) is 49.7 Å². The molecule has 1 radical (unpaired) electrons. The maximum absolute atomic E-state index is 10.0. The lowest BCUT2D eigenvalue weighted by Gasteiger charge is -1.84. The average Bonchev–Trinajstić information content (AvgIpc) is 2.12. The zero-order valence-electron chi connectivity index (χ0n) is 4.00. The predicted octanol–water partition coefficient (Wildman–Crippen LogP) is 0.378. The van der Waals surface area contributed by atoms with Gasteiger partial charge in [0.2, 0.25) is 0 Å². The third kappa shape index (κ3) is 1.01. The van der Waals surface area contributed by atoms with Crippen LogP contribution in [0.4, 0.5) is 0 Å². The van der Waals surface area contributed by atoms with E-state index >= 15 is 0 Å². The molecule has 0 fully saturated rings. The van der Waals surface area contributed by atoms with Crippen molar-refractivity contribution in [2.45, 2.75) is 0 Å². The first-order chi connectivity index (χ1) is 3.80. The summed E-state index contributed by atoms with van der Waals surface area (Å²) in [6, 6.07) is 0. The van der Waals surface area contributed by atoms with Crippen molar-refractivity contribution >= 4 is 22.8 Å². The quantitative estimate of drug-likeness (QED) is 0.558. The van der Waals surface area contributed by atoms with Crippen LogP contribution in [0.5, 0.6) is 0 Å². The van der Waals surface area contributed by atoms with Crippen molar-refractivity contribution in [1.29, 1.82) is 0 Å². The molecule has 0 aliphatic carbocycles. The highest BCUT2D eigenvalue weighted by molar-refractivity contribution is 8.16. The normalized spacial score (nSPS) is 18.2. The van der Waals surface area contributed by atoms with Gasteiger partial charge in [-0.05, 0) is 0 Å². The average molecular weight is 130 g/mol. The van der Waals surface area contributed by atoms with Crippen LogP contribution in [-0.2, 0) is 4.79 Å². The largest absolute Gasteiger partial charge is 0.476 e. The number of aliphatic imine (C=N–C) groups is 1. The molecule has 0 aromatic heterocycles. The molecule has 43 valence electrons. The summed E-state index contributed by atoms with van der Waals surface area (Å²) in [4.78, 5) is 13.6. The molecule has 0 aromatic rings. The second-order valence-corrected chi connectivity index (χ2v) is 2.24. The van der Waals surface area contributed by atoms with E-state index in [1.165, 1.54) is 11.8 Å². The third-order valence-corrected chi connectivity index (χ3v) is 1.56. The Morgan fingerprint density at radius 1 is 2.00 bits per heavy atom. The maximum Gasteiger partial charge on any atom is 0.360 e. The summed E-state index contributed by atoms with van der Waals surface area (Å²) in [6.45, 7) is 1.59. The molecule has 0 saturated carbocycles. The molecule has 1 aliphatic rings. The fraction of sp³-hybridized carbons (Fsp3) is 0.250. The molecule has 1 heterocycles. The van der Waals surface area contributed by atoms with E-state index < -0.39 is 5.97 Å². The van der Waals surface area contributed by atoms with E-state index in [1.54, 1.807) is 6.54 Å². The molecular weight excluding hydrogens is 126 g/mol. The van der Waals surface area contributed by atoms with Crippen LogP contribution in [-0.4, -0.2) is 21.9 Å². The van der Waals surface area contributed by atoms with Gasteiger partial charge >= 0.3 is 5.97 Å². The smallest absolute Gasteiger partial charge is 0.360 e. The summed E-state index contributed by atoms with van der Waals surface area (Å²) in [5.41, 5.74) is 0. The summed E-state index contributed by atoms with van der Waals surface area (Å²) < 4.78 is 0. The van der Waals surface area contributed by atoms with Crippen LogP contribution >= 0.6 is 11.8 Å². The number of thioether (sulfide) groups is 1. The minimum atomic E-state index is -0.927. The Kier molecular flexibility index (Phi) is 1.53. The number of carbonyl (C=O) groups is 1. The van der Waals surface area contributed by atoms with E-state index in [1.807, 2.05) is 0 Å². The summed E-state index contributed by atoms with van der Waals surface area (Å²) in [6.07, 6.45) is 0. The number of aliphatic carboxylic acids is 1. The molecule has 0 amide bonds. The van der Waals surface area contributed by atoms with E-state index in [9.17, 15) is 4.79 Å². The maximum atomic E-state index is 10.0. The molecule has 0 spiro atoms. The molecule has 0 atom stereocenters. The van der Waals surface area contributed by atoms with Gasteiger partial charge in [0.15, 0.2) is 5.04 Å². The second kappa shape index (κ2) is 2.17. The van der Waals surface area contributed by atoms with Gasteiger partial charge in [-0.2, -0.15) is 0 Å². The minimum absolute atomic E-state index is 0.199. The summed E-state index contributed by atoms with van der Waals surface area (Å²) in [5.74, 6) is -0.231. The van der Waals surface area contributed by atoms with Crippen LogP contribution in [0.25, 0.3) is 0 Å². The van der Waals surface area contributed by atoms with E-state index in [0.29, 0.717) is 5.75 Å². The first-order valence-electron chi connectivity index (χ1n) is 2.06. The zero-order valence-corrected chi connectivity index (χ0v) is 4.81. The molecule has 0 bridgehead atoms. The lowest BCUT2D eigenvalue weighted by atomic mass is 10.7. The fourth-order valence-electron chi connectivity index (χ4n) is 0.391. The van der Waals surface area contributed by atoms with Crippen LogP contribution < -0.4 is 0 Å². The van der Waals surface area contributed by atoms with Crippen LogP contribution in [0.3, 0.4) is 0 Å². The van der Waals surface area contributed by atoms with Crippen LogP contribution in [0.1, 0.15) is 0 Å². The molecule has 1 aliphatic heterocycles. The van der Waals surface area contributed by atoms with Crippen molar-refractivity contribution in [2.24, 2.45) is 4.99 Å². The molecule has 8 heavy (non-hydrogen) atoms. The number of carboxylic acids is 1. The van der Waals surface area contributed by atoms with E-state index in [-0.39, 0.29) is 5.04 Å². The minimum Gasteiger partial charge on any atom is -0.476 e. The van der Waals surface area contributed by atoms with Crippen molar-refractivity contribution in [3.63, 3.8) is 0 Å². The summed E-state index contributed by atoms with van der Waals surface area (Å²) in [7, 11) is 0. The van der Waals surface area contributed by atoms with E-state index in [2.05, 4.69) is 4.99 Å². The van der Waals surface area contributed by atoms with Crippen molar-refractivity contribution < 1.29 is 9.90 Å². The van der Waals surface area contributed by atoms with E-state index in [0.717, 1.165) is 0 Å². The Hall–Kier alpha value is -0.510. The highest BCUT2D eigenvalue weighted by Gasteiger charge is 2.13. The van der Waals surface area contributed by atoms with Gasteiger partial charge in [0, 0.05) is 5.75 Å². The standard InChI is InChI=1S/C4H4NO2S/c6-4(7)3-5-1-2-8-3/h1H,2H2,(H,6,7). The van der Waals surface area contributed by atoms with Crippen molar-refractivity contribution in [1.82, 2.24) is 0 Å². The van der Waals surface area contributed by atoms with Gasteiger partial charge in [0.1, 0.15) is 0 Å². The molecule has 4 heteroatoms. The van der Waals surface area contributed by atoms with Gasteiger partial charge < -0.3 is 5.11 Å². The number of carboxylic acid groups (broad SMARTS) is 1. The predicted molar refractivity (Wildman–Crippen MR) is 31.8 cm³/mol. The highest BCUT2D eigenvalue weighted by atomic mass is 32.2. The van der Waals surface area contributed by atoms with Gasteiger partial charge in [-0.25, -0.2) is 4.79 Å². The van der Waals surface area contributed by atoms with Crippen LogP contribution in [0.15, 0.2) is 4.99 Å². The molecular formula is C4H4NO2S. The summed E-state index contributed by atoms with van der Waals surface area (Å²) >= 11 is 1.25. The lowest BCUT2D eigenvalue weighted by Crippen LogP contribution is -2.04. The molecule has 0 aromatic carbocycles. The Labute approximate surface area is 50.8 Å². The third-order valence-electron chi connectivity index (χ3n) is 0.686. The van der Waals surface area contributed by atoms with Gasteiger partial charge in [0.25, 0.3) is 0 Å². The number of hydrogen-bond donors (Lipinski definition) is 1. The Balaban J connectivity index is 2.57. The fourth-order valence-corrected chi connectivity index (χ4v) is 0.970. The molecule has 1 rings (SSSR count). The first kappa shape index (κ1) is 5.62. The lowest BCUT2D eigenvalue weighted by molar-refractivity contribution is -0.129. The Bertz CT molecular complexity index is 143. The van der Waals surface area contributed by atoms with Crippen molar-refractivity contribution in [2.75, 3.05) is 5.75 Å². The molecule has 1 N–H and O–H groups in total. The zero-order chi connectivity index (χ0) is 5.98. The van der Waals surface area contributed by atoms with Crippen LogP contribution in [0.2, 0.25) is 0 Å². The Morgan fingerprint density at radius 2 is 2.75 bits per heavy atom. The van der Waals surface area contributed by atoms with Gasteiger partial charge in [-0.3, -0.25) is 4.99 Å². The van der Waals surface area contributed by atoms with Gasteiger partial charge in [-0.15, -0.1) is 0 Å². The molecule has 0 unspecified atom stereocenters. The monoisotopic (exact) mass is 130 g/mol. The molecule has 0 saturated heterocycles. The van der Waals surface area contributed by atoms with Crippen LogP contribution in [0, 0.1) is 6.54 Å². The van der Waals surface area contributed by atoms with Crippen molar-refractivity contribution in [3.05, 3.63) is 6.54 Å². The van der Waals surface area contributed by atoms with E-state index in [4.69, 9.17) is 5.11 Å². The van der Waals surface area contributed by atoms with Gasteiger partial charge in [-0.1, -0.05) is 11.8 Å². The van der Waals surface area contributed by atoms with Gasteiger partial charge in [0.05, 0.1) is 6.54 Å².